The van der Waals surface area contributed by atoms with Crippen LogP contribution in [0.4, 0.5) is 11.4 Å². The van der Waals surface area contributed by atoms with Crippen LogP contribution >= 0.6 is 0 Å². The number of nitro groups is 1. The highest BCUT2D eigenvalue weighted by atomic mass is 32.2. The summed E-state index contributed by atoms with van der Waals surface area (Å²) >= 11 is 0. The van der Waals surface area contributed by atoms with Gasteiger partial charge in [0, 0.05) is 6.07 Å². The number of para-hydroxylation sites is 1. The SMILES string of the molecule is CCS(=O)(=O)c1ccccc1NC(=O)C(C)N1C(=O)c2cccc([N+](=O)[O-])c2C1=O. The molecule has 2 aromatic carbocycles. The van der Waals surface area contributed by atoms with E-state index in [4.69, 9.17) is 0 Å². The van der Waals surface area contributed by atoms with E-state index in [2.05, 4.69) is 5.32 Å². The van der Waals surface area contributed by atoms with Crippen LogP contribution in [0.5, 0.6) is 0 Å². The minimum Gasteiger partial charge on any atom is -0.323 e. The Morgan fingerprint density at radius 3 is 2.43 bits per heavy atom. The molecule has 30 heavy (non-hydrogen) atoms. The summed E-state index contributed by atoms with van der Waals surface area (Å²) in [4.78, 5) is 49.1. The van der Waals surface area contributed by atoms with Crippen LogP contribution in [0.1, 0.15) is 34.6 Å². The molecule has 3 amide bonds. The number of benzene rings is 2. The van der Waals surface area contributed by atoms with Gasteiger partial charge in [-0.2, -0.15) is 0 Å². The fourth-order valence-corrected chi connectivity index (χ4v) is 4.19. The normalized spacial score (nSPS) is 14.4. The van der Waals surface area contributed by atoms with E-state index in [1.165, 1.54) is 50.2 Å². The Morgan fingerprint density at radius 1 is 1.13 bits per heavy atom. The third kappa shape index (κ3) is 3.43. The van der Waals surface area contributed by atoms with Gasteiger partial charge in [-0.15, -0.1) is 0 Å². The number of hydrogen-bond donors (Lipinski definition) is 1. The maximum atomic E-state index is 12.7. The van der Waals surface area contributed by atoms with Gasteiger partial charge in [0.05, 0.1) is 26.8 Å². The van der Waals surface area contributed by atoms with Crippen molar-refractivity contribution in [3.8, 4) is 0 Å². The lowest BCUT2D eigenvalue weighted by molar-refractivity contribution is -0.385. The average Bonchev–Trinajstić information content (AvgIpc) is 2.98. The van der Waals surface area contributed by atoms with Crippen LogP contribution in [0, 0.1) is 10.1 Å². The number of rotatable bonds is 6. The Hall–Kier alpha value is -3.60. The van der Waals surface area contributed by atoms with Gasteiger partial charge in [0.25, 0.3) is 17.5 Å². The van der Waals surface area contributed by atoms with E-state index >= 15 is 0 Å². The van der Waals surface area contributed by atoms with Crippen LogP contribution in [0.2, 0.25) is 0 Å². The van der Waals surface area contributed by atoms with Crippen LogP contribution in [0.25, 0.3) is 0 Å². The maximum absolute atomic E-state index is 12.7. The molecule has 1 aliphatic rings. The molecule has 10 nitrogen and oxygen atoms in total. The number of carbonyl (C=O) groups is 3. The second kappa shape index (κ2) is 7.67. The van der Waals surface area contributed by atoms with Crippen LogP contribution < -0.4 is 5.32 Å². The van der Waals surface area contributed by atoms with Crippen LogP contribution in [-0.4, -0.2) is 47.8 Å². The summed E-state index contributed by atoms with van der Waals surface area (Å²) in [7, 11) is -3.64. The summed E-state index contributed by atoms with van der Waals surface area (Å²) in [5.74, 6) is -2.79. The van der Waals surface area contributed by atoms with Gasteiger partial charge in [0.15, 0.2) is 9.84 Å². The number of sulfone groups is 1. The summed E-state index contributed by atoms with van der Waals surface area (Å²) < 4.78 is 24.5. The summed E-state index contributed by atoms with van der Waals surface area (Å²) in [5, 5.41) is 13.6. The van der Waals surface area contributed by atoms with E-state index < -0.39 is 44.2 Å². The van der Waals surface area contributed by atoms with Crippen molar-refractivity contribution in [1.29, 1.82) is 0 Å². The number of anilines is 1. The second-order valence-electron chi connectivity index (χ2n) is 6.50. The van der Waals surface area contributed by atoms with E-state index in [9.17, 15) is 32.9 Å². The highest BCUT2D eigenvalue weighted by Gasteiger charge is 2.45. The molecule has 1 heterocycles. The lowest BCUT2D eigenvalue weighted by atomic mass is 10.1. The predicted octanol–water partition coefficient (Wildman–Crippen LogP) is 2.01. The Balaban J connectivity index is 1.92. The highest BCUT2D eigenvalue weighted by molar-refractivity contribution is 7.91. The van der Waals surface area contributed by atoms with Gasteiger partial charge in [-0.1, -0.05) is 25.1 Å². The fraction of sp³-hybridized carbons (Fsp3) is 0.211. The van der Waals surface area contributed by atoms with E-state index in [1.807, 2.05) is 0 Å². The molecule has 0 bridgehead atoms. The van der Waals surface area contributed by atoms with Crippen molar-refractivity contribution in [3.05, 3.63) is 63.7 Å². The van der Waals surface area contributed by atoms with Gasteiger partial charge in [-0.25, -0.2) is 8.42 Å². The molecule has 11 heteroatoms. The minimum absolute atomic E-state index is 0.0128. The number of hydrogen-bond acceptors (Lipinski definition) is 7. The van der Waals surface area contributed by atoms with E-state index in [1.54, 1.807) is 0 Å². The molecule has 1 atom stereocenters. The predicted molar refractivity (Wildman–Crippen MR) is 106 cm³/mol. The van der Waals surface area contributed by atoms with Crippen LogP contribution in [0.3, 0.4) is 0 Å². The van der Waals surface area contributed by atoms with Crippen LogP contribution in [-0.2, 0) is 14.6 Å². The average molecular weight is 431 g/mol. The first-order valence-electron chi connectivity index (χ1n) is 8.88. The second-order valence-corrected chi connectivity index (χ2v) is 8.75. The van der Waals surface area contributed by atoms with Crippen LogP contribution in [0.15, 0.2) is 47.4 Å². The molecule has 0 saturated heterocycles. The number of nitrogens with one attached hydrogen (secondary N) is 1. The zero-order valence-corrected chi connectivity index (χ0v) is 16.8. The number of fused-ring (bicyclic) bond motifs is 1. The van der Waals surface area contributed by atoms with Crippen molar-refractivity contribution < 1.29 is 27.7 Å². The van der Waals surface area contributed by atoms with Crippen molar-refractivity contribution in [2.45, 2.75) is 24.8 Å². The molecule has 1 aliphatic heterocycles. The standard InChI is InChI=1S/C19H17N3O7S/c1-3-30(28,29)15-10-5-4-8-13(15)20-17(23)11(2)21-18(24)12-7-6-9-14(22(26)27)16(12)19(21)25/h4-11H,3H2,1-2H3,(H,20,23). The largest absolute Gasteiger partial charge is 0.323 e. The first kappa shape index (κ1) is 21.1. The Kier molecular flexibility index (Phi) is 5.40. The topological polar surface area (TPSA) is 144 Å². The van der Waals surface area contributed by atoms with Gasteiger partial charge in [0.1, 0.15) is 11.6 Å². The highest BCUT2D eigenvalue weighted by Crippen LogP contribution is 2.32. The Labute approximate surface area is 171 Å². The first-order valence-corrected chi connectivity index (χ1v) is 10.5. The first-order chi connectivity index (χ1) is 14.1. The smallest absolute Gasteiger partial charge is 0.282 e. The molecule has 0 saturated carbocycles. The fourth-order valence-electron chi connectivity index (χ4n) is 3.14. The number of amides is 3. The van der Waals surface area contributed by atoms with Crippen molar-refractivity contribution in [3.63, 3.8) is 0 Å². The maximum Gasteiger partial charge on any atom is 0.282 e. The number of nitro benzene ring substituents is 1. The lowest BCUT2D eigenvalue weighted by Gasteiger charge is -2.22. The van der Waals surface area contributed by atoms with Gasteiger partial charge in [-0.3, -0.25) is 29.4 Å². The molecule has 0 aliphatic carbocycles. The lowest BCUT2D eigenvalue weighted by Crippen LogP contribution is -2.45. The summed E-state index contributed by atoms with van der Waals surface area (Å²) in [6.07, 6.45) is 0. The number of imide groups is 1. The van der Waals surface area contributed by atoms with E-state index in [0.29, 0.717) is 4.90 Å². The summed E-state index contributed by atoms with van der Waals surface area (Å²) in [5.41, 5.74) is -1.05. The molecule has 156 valence electrons. The van der Waals surface area contributed by atoms with Gasteiger partial charge >= 0.3 is 0 Å². The quantitative estimate of drug-likeness (QED) is 0.418. The molecule has 1 N–H and O–H groups in total. The monoisotopic (exact) mass is 431 g/mol. The van der Waals surface area contributed by atoms with Crippen molar-refractivity contribution in [2.75, 3.05) is 11.1 Å². The van der Waals surface area contributed by atoms with Crippen molar-refractivity contribution in [1.82, 2.24) is 4.90 Å². The van der Waals surface area contributed by atoms with Crippen molar-refractivity contribution in [2.24, 2.45) is 0 Å². The Bertz CT molecular complexity index is 1190. The molecule has 0 spiro atoms. The van der Waals surface area contributed by atoms with E-state index in [-0.39, 0.29) is 27.5 Å². The molecule has 1 unspecified atom stereocenters. The number of carbonyl (C=O) groups excluding carboxylic acids is 3. The van der Waals surface area contributed by atoms with Gasteiger partial charge in [-0.05, 0) is 25.1 Å². The molecule has 3 rings (SSSR count). The third-order valence-electron chi connectivity index (χ3n) is 4.75. The van der Waals surface area contributed by atoms with E-state index in [0.717, 1.165) is 6.07 Å². The molecule has 2 aromatic rings. The zero-order valence-electron chi connectivity index (χ0n) is 16.0. The molecule has 0 aromatic heterocycles. The van der Waals surface area contributed by atoms with Crippen molar-refractivity contribution >= 4 is 38.9 Å². The molecule has 0 radical (unpaired) electrons. The van der Waals surface area contributed by atoms with Gasteiger partial charge in [0.2, 0.25) is 5.91 Å². The minimum atomic E-state index is -3.64. The Morgan fingerprint density at radius 2 is 1.80 bits per heavy atom. The molecular weight excluding hydrogens is 414 g/mol. The molecular formula is C19H17N3O7S. The summed E-state index contributed by atoms with van der Waals surface area (Å²) in [6.45, 7) is 2.74. The third-order valence-corrected chi connectivity index (χ3v) is 6.53. The number of nitrogens with zero attached hydrogens (tertiary/aromatic N) is 2. The molecule has 0 fully saturated rings. The zero-order chi connectivity index (χ0) is 22.2. The van der Waals surface area contributed by atoms with Gasteiger partial charge < -0.3 is 5.32 Å². The summed E-state index contributed by atoms with van der Waals surface area (Å²) in [6, 6.07) is 8.08.